The third-order valence-electron chi connectivity index (χ3n) is 2.83. The maximum absolute atomic E-state index is 11.4. The minimum Gasteiger partial charge on any atom is -0.469 e. The third kappa shape index (κ3) is 1.91. The number of esters is 1. The van der Waals surface area contributed by atoms with Crippen LogP contribution in [-0.4, -0.2) is 13.1 Å². The lowest BCUT2D eigenvalue weighted by atomic mass is 9.98. The summed E-state index contributed by atoms with van der Waals surface area (Å²) in [5.74, 6) is -0.412. The van der Waals surface area contributed by atoms with Gasteiger partial charge in [-0.2, -0.15) is 0 Å². The maximum Gasteiger partial charge on any atom is 0.312 e. The molecule has 2 rings (SSSR count). The molecule has 82 valence electrons. The molecule has 0 saturated heterocycles. The molecule has 0 bridgehead atoms. The Hall–Kier alpha value is -1.83. The van der Waals surface area contributed by atoms with E-state index in [9.17, 15) is 4.79 Å². The molecule has 0 saturated carbocycles. The Morgan fingerprint density at radius 1 is 1.12 bits per heavy atom. The Bertz CT molecular complexity index is 517. The number of rotatable bonds is 2. The van der Waals surface area contributed by atoms with Gasteiger partial charge in [-0.25, -0.2) is 0 Å². The molecule has 0 aliphatic heterocycles. The monoisotopic (exact) mass is 214 g/mol. The van der Waals surface area contributed by atoms with Gasteiger partial charge in [-0.1, -0.05) is 42.5 Å². The van der Waals surface area contributed by atoms with E-state index in [1.54, 1.807) is 0 Å². The molecule has 0 N–H and O–H groups in total. The lowest BCUT2D eigenvalue weighted by Crippen LogP contribution is -2.10. The topological polar surface area (TPSA) is 26.3 Å². The first-order chi connectivity index (χ1) is 7.72. The minimum absolute atomic E-state index is 0.199. The second-order valence-electron chi connectivity index (χ2n) is 3.85. The Morgan fingerprint density at radius 3 is 2.50 bits per heavy atom. The first kappa shape index (κ1) is 10.7. The second kappa shape index (κ2) is 4.35. The van der Waals surface area contributed by atoms with Crippen LogP contribution in [0, 0.1) is 0 Å². The molecule has 0 unspecified atom stereocenters. The fourth-order valence-corrected chi connectivity index (χ4v) is 1.79. The standard InChI is InChI=1S/C14H14O2/c1-10(14(15)16-2)12-8-7-11-5-3-4-6-13(11)9-12/h3-10H,1-2H3/t10-/m0/s1. The molecule has 0 aromatic heterocycles. The molecule has 2 nitrogen and oxygen atoms in total. The minimum atomic E-state index is -0.213. The lowest BCUT2D eigenvalue weighted by Gasteiger charge is -2.10. The summed E-state index contributed by atoms with van der Waals surface area (Å²) in [6.07, 6.45) is 0. The van der Waals surface area contributed by atoms with Crippen LogP contribution in [0.3, 0.4) is 0 Å². The van der Waals surface area contributed by atoms with E-state index in [-0.39, 0.29) is 11.9 Å². The highest BCUT2D eigenvalue weighted by molar-refractivity contribution is 5.85. The van der Waals surface area contributed by atoms with Crippen LogP contribution in [0.2, 0.25) is 0 Å². The van der Waals surface area contributed by atoms with Gasteiger partial charge in [0.1, 0.15) is 0 Å². The highest BCUT2D eigenvalue weighted by Crippen LogP contribution is 2.22. The highest BCUT2D eigenvalue weighted by Gasteiger charge is 2.15. The van der Waals surface area contributed by atoms with Crippen LogP contribution in [0.1, 0.15) is 18.4 Å². The van der Waals surface area contributed by atoms with Crippen molar-refractivity contribution in [1.82, 2.24) is 0 Å². The van der Waals surface area contributed by atoms with E-state index in [2.05, 4.69) is 6.07 Å². The summed E-state index contributed by atoms with van der Waals surface area (Å²) in [5, 5.41) is 2.33. The van der Waals surface area contributed by atoms with Crippen molar-refractivity contribution in [3.63, 3.8) is 0 Å². The summed E-state index contributed by atoms with van der Waals surface area (Å²) < 4.78 is 4.74. The summed E-state index contributed by atoms with van der Waals surface area (Å²) >= 11 is 0. The zero-order valence-electron chi connectivity index (χ0n) is 9.44. The van der Waals surface area contributed by atoms with Crippen LogP contribution >= 0.6 is 0 Å². The maximum atomic E-state index is 11.4. The normalized spacial score (nSPS) is 12.4. The quantitative estimate of drug-likeness (QED) is 0.718. The molecule has 0 aliphatic rings. The van der Waals surface area contributed by atoms with Gasteiger partial charge in [0, 0.05) is 0 Å². The number of fused-ring (bicyclic) bond motifs is 1. The molecule has 0 aliphatic carbocycles. The fraction of sp³-hybridized carbons (Fsp3) is 0.214. The lowest BCUT2D eigenvalue weighted by molar-refractivity contribution is -0.141. The zero-order chi connectivity index (χ0) is 11.5. The number of benzene rings is 2. The SMILES string of the molecule is COC(=O)[C@@H](C)c1ccc2ccccc2c1. The number of hydrogen-bond acceptors (Lipinski definition) is 2. The Balaban J connectivity index is 2.43. The predicted molar refractivity (Wildman–Crippen MR) is 64.4 cm³/mol. The van der Waals surface area contributed by atoms with Crippen LogP contribution in [0.4, 0.5) is 0 Å². The molecule has 1 atom stereocenters. The Kier molecular flexibility index (Phi) is 2.91. The van der Waals surface area contributed by atoms with Crippen LogP contribution < -0.4 is 0 Å². The number of hydrogen-bond donors (Lipinski definition) is 0. The van der Waals surface area contributed by atoms with Gasteiger partial charge in [-0.05, 0) is 23.3 Å². The average molecular weight is 214 g/mol. The third-order valence-corrected chi connectivity index (χ3v) is 2.83. The summed E-state index contributed by atoms with van der Waals surface area (Å²) in [6, 6.07) is 14.1. The van der Waals surface area contributed by atoms with Crippen molar-refractivity contribution in [1.29, 1.82) is 0 Å². The first-order valence-electron chi connectivity index (χ1n) is 5.29. The highest BCUT2D eigenvalue weighted by atomic mass is 16.5. The molecular formula is C14H14O2. The van der Waals surface area contributed by atoms with Gasteiger partial charge in [0.05, 0.1) is 13.0 Å². The molecule has 2 heteroatoms. The summed E-state index contributed by atoms with van der Waals surface area (Å²) in [4.78, 5) is 11.4. The van der Waals surface area contributed by atoms with Crippen LogP contribution in [0.25, 0.3) is 10.8 Å². The number of ether oxygens (including phenoxy) is 1. The van der Waals surface area contributed by atoms with Gasteiger partial charge in [0.15, 0.2) is 0 Å². The van der Waals surface area contributed by atoms with Crippen LogP contribution in [0.15, 0.2) is 42.5 Å². The predicted octanol–water partition coefficient (Wildman–Crippen LogP) is 3.12. The van der Waals surface area contributed by atoms with E-state index in [0.717, 1.165) is 10.9 Å². The van der Waals surface area contributed by atoms with Crippen LogP contribution in [0.5, 0.6) is 0 Å². The zero-order valence-corrected chi connectivity index (χ0v) is 9.44. The van der Waals surface area contributed by atoms with E-state index in [4.69, 9.17) is 4.74 Å². The molecule has 0 radical (unpaired) electrons. The van der Waals surface area contributed by atoms with E-state index in [1.807, 2.05) is 43.3 Å². The van der Waals surface area contributed by atoms with Crippen molar-refractivity contribution in [2.24, 2.45) is 0 Å². The largest absolute Gasteiger partial charge is 0.469 e. The smallest absolute Gasteiger partial charge is 0.312 e. The van der Waals surface area contributed by atoms with Crippen molar-refractivity contribution >= 4 is 16.7 Å². The molecule has 0 spiro atoms. The van der Waals surface area contributed by atoms with Crippen molar-refractivity contribution in [3.05, 3.63) is 48.0 Å². The Morgan fingerprint density at radius 2 is 1.81 bits per heavy atom. The van der Waals surface area contributed by atoms with Gasteiger partial charge in [-0.15, -0.1) is 0 Å². The van der Waals surface area contributed by atoms with Crippen molar-refractivity contribution < 1.29 is 9.53 Å². The average Bonchev–Trinajstić information content (AvgIpc) is 2.36. The summed E-state index contributed by atoms with van der Waals surface area (Å²) in [6.45, 7) is 1.86. The molecular weight excluding hydrogens is 200 g/mol. The molecule has 0 amide bonds. The van der Waals surface area contributed by atoms with E-state index >= 15 is 0 Å². The fourth-order valence-electron chi connectivity index (χ4n) is 1.79. The van der Waals surface area contributed by atoms with Gasteiger partial charge < -0.3 is 4.74 Å². The van der Waals surface area contributed by atoms with Gasteiger partial charge >= 0.3 is 5.97 Å². The van der Waals surface area contributed by atoms with E-state index < -0.39 is 0 Å². The molecule has 2 aromatic rings. The van der Waals surface area contributed by atoms with Gasteiger partial charge in [-0.3, -0.25) is 4.79 Å². The number of carbonyl (C=O) groups is 1. The molecule has 2 aromatic carbocycles. The van der Waals surface area contributed by atoms with E-state index in [1.165, 1.54) is 12.5 Å². The Labute approximate surface area is 94.8 Å². The molecule has 0 heterocycles. The van der Waals surface area contributed by atoms with E-state index in [0.29, 0.717) is 0 Å². The molecule has 16 heavy (non-hydrogen) atoms. The summed E-state index contributed by atoms with van der Waals surface area (Å²) in [7, 11) is 1.42. The summed E-state index contributed by atoms with van der Waals surface area (Å²) in [5.41, 5.74) is 0.991. The number of methoxy groups -OCH3 is 1. The van der Waals surface area contributed by atoms with Crippen molar-refractivity contribution in [2.75, 3.05) is 7.11 Å². The second-order valence-corrected chi connectivity index (χ2v) is 3.85. The van der Waals surface area contributed by atoms with Gasteiger partial charge in [0.25, 0.3) is 0 Å². The molecule has 0 fully saturated rings. The van der Waals surface area contributed by atoms with Gasteiger partial charge in [0.2, 0.25) is 0 Å². The number of carbonyl (C=O) groups excluding carboxylic acids is 1. The van der Waals surface area contributed by atoms with Crippen molar-refractivity contribution in [3.8, 4) is 0 Å². The first-order valence-corrected chi connectivity index (χ1v) is 5.29. The van der Waals surface area contributed by atoms with Crippen molar-refractivity contribution in [2.45, 2.75) is 12.8 Å². The van der Waals surface area contributed by atoms with Crippen LogP contribution in [-0.2, 0) is 9.53 Å².